The molecular formula is C34H46ClF4N3O2. The molecule has 2 fully saturated rings. The molecule has 0 aromatic heterocycles. The van der Waals surface area contributed by atoms with E-state index in [1.54, 1.807) is 20.0 Å². The molecule has 2 atom stereocenters. The molecule has 2 heterocycles. The summed E-state index contributed by atoms with van der Waals surface area (Å²) in [5.41, 5.74) is 3.87. The topological polar surface area (TPSA) is 47.0 Å². The summed E-state index contributed by atoms with van der Waals surface area (Å²) in [4.78, 5) is 18.5. The molecule has 0 aliphatic carbocycles. The van der Waals surface area contributed by atoms with Crippen molar-refractivity contribution in [3.05, 3.63) is 69.0 Å². The van der Waals surface area contributed by atoms with Gasteiger partial charge in [0.1, 0.15) is 11.9 Å². The average molecular weight is 640 g/mol. The second-order valence-corrected chi connectivity index (χ2v) is 13.2. The molecule has 0 spiro atoms. The second kappa shape index (κ2) is 15.4. The minimum Gasteiger partial charge on any atom is -0.480 e. The second-order valence-electron chi connectivity index (χ2n) is 12.7. The molecule has 5 nitrogen and oxygen atoms in total. The zero-order valence-corrected chi connectivity index (χ0v) is 26.9. The maximum atomic E-state index is 14.9. The van der Waals surface area contributed by atoms with Gasteiger partial charge in [-0.2, -0.15) is 13.2 Å². The number of likely N-dealkylation sites (N-methyl/N-ethyl adjacent to an activating group) is 1. The van der Waals surface area contributed by atoms with Crippen molar-refractivity contribution >= 4 is 17.6 Å². The number of carbonyl (C=O) groups is 1. The summed E-state index contributed by atoms with van der Waals surface area (Å²) < 4.78 is 53.8. The highest BCUT2D eigenvalue weighted by Gasteiger charge is 2.36. The highest BCUT2D eigenvalue weighted by molar-refractivity contribution is 6.30. The smallest absolute Gasteiger partial charge is 0.401 e. The molecule has 0 saturated carbocycles. The summed E-state index contributed by atoms with van der Waals surface area (Å²) in [6.45, 7) is 6.87. The zero-order chi connectivity index (χ0) is 32.0. The molecule has 10 heteroatoms. The predicted molar refractivity (Wildman–Crippen MR) is 167 cm³/mol. The summed E-state index contributed by atoms with van der Waals surface area (Å²) in [5, 5.41) is 11.2. The van der Waals surface area contributed by atoms with E-state index >= 15 is 0 Å². The number of alkyl halides is 3. The first kappa shape index (κ1) is 34.7. The molecule has 0 bridgehead atoms. The zero-order valence-electron chi connectivity index (χ0n) is 26.1. The van der Waals surface area contributed by atoms with Crippen LogP contribution in [0.25, 0.3) is 0 Å². The van der Waals surface area contributed by atoms with Crippen LogP contribution in [0.1, 0.15) is 90.6 Å². The average Bonchev–Trinajstić information content (AvgIpc) is 2.97. The lowest BCUT2D eigenvalue weighted by Gasteiger charge is -2.36. The first-order valence-electron chi connectivity index (χ1n) is 15.8. The lowest BCUT2D eigenvalue weighted by molar-refractivity contribution is -0.148. The summed E-state index contributed by atoms with van der Waals surface area (Å²) >= 11 is 6.42. The third-order valence-electron chi connectivity index (χ3n) is 9.60. The van der Waals surface area contributed by atoms with E-state index in [9.17, 15) is 27.5 Å². The number of hydrogen-bond donors (Lipinski definition) is 1. The Morgan fingerprint density at radius 2 is 1.68 bits per heavy atom. The van der Waals surface area contributed by atoms with Crippen LogP contribution >= 0.6 is 11.6 Å². The first-order chi connectivity index (χ1) is 20.8. The number of aliphatic carboxylic acids is 1. The van der Waals surface area contributed by atoms with Crippen molar-refractivity contribution in [2.75, 3.05) is 52.9 Å². The van der Waals surface area contributed by atoms with Crippen molar-refractivity contribution in [2.24, 2.45) is 0 Å². The molecule has 1 unspecified atom stereocenters. The van der Waals surface area contributed by atoms with Crippen molar-refractivity contribution < 1.29 is 27.5 Å². The molecule has 2 saturated heterocycles. The number of benzene rings is 2. The number of hydrogen-bond acceptors (Lipinski definition) is 4. The van der Waals surface area contributed by atoms with Crippen LogP contribution < -0.4 is 0 Å². The molecule has 4 rings (SSSR count). The van der Waals surface area contributed by atoms with Crippen LogP contribution in [-0.4, -0.2) is 84.8 Å². The SMILES string of the molecule is Cc1ccc(Cl)cc1[C@@H](CCN1CCCCC1)CCN(C)C(C(=O)O)c1ccc(F)c(C)c1C1CCN(CC(F)(F)F)CC1. The van der Waals surface area contributed by atoms with Crippen LogP contribution in [0, 0.1) is 19.7 Å². The van der Waals surface area contributed by atoms with Crippen molar-refractivity contribution in [1.29, 1.82) is 0 Å². The molecule has 44 heavy (non-hydrogen) atoms. The van der Waals surface area contributed by atoms with Gasteiger partial charge in [0.2, 0.25) is 0 Å². The van der Waals surface area contributed by atoms with Gasteiger partial charge in [-0.15, -0.1) is 0 Å². The van der Waals surface area contributed by atoms with E-state index in [1.165, 1.54) is 35.8 Å². The van der Waals surface area contributed by atoms with Gasteiger partial charge in [0.25, 0.3) is 0 Å². The van der Waals surface area contributed by atoms with E-state index in [0.29, 0.717) is 41.1 Å². The fraction of sp³-hybridized carbons (Fsp3) is 0.618. The Bertz CT molecular complexity index is 1260. The maximum Gasteiger partial charge on any atom is 0.401 e. The molecule has 2 aliphatic rings. The number of likely N-dealkylation sites (tertiary alicyclic amines) is 2. The van der Waals surface area contributed by atoms with E-state index in [2.05, 4.69) is 11.8 Å². The first-order valence-corrected chi connectivity index (χ1v) is 16.2. The quantitative estimate of drug-likeness (QED) is 0.239. The van der Waals surface area contributed by atoms with Gasteiger partial charge in [0.15, 0.2) is 0 Å². The maximum absolute atomic E-state index is 14.9. The van der Waals surface area contributed by atoms with Crippen LogP contribution in [-0.2, 0) is 4.79 Å². The van der Waals surface area contributed by atoms with Gasteiger partial charge in [0.05, 0.1) is 6.54 Å². The highest BCUT2D eigenvalue weighted by atomic mass is 35.5. The van der Waals surface area contributed by atoms with Crippen LogP contribution in [0.2, 0.25) is 5.02 Å². The van der Waals surface area contributed by atoms with Gasteiger partial charge in [-0.25, -0.2) is 4.39 Å². The van der Waals surface area contributed by atoms with Crippen molar-refractivity contribution in [2.45, 2.75) is 82.8 Å². The van der Waals surface area contributed by atoms with Crippen molar-refractivity contribution in [3.63, 3.8) is 0 Å². The van der Waals surface area contributed by atoms with Gasteiger partial charge in [0, 0.05) is 5.02 Å². The third-order valence-corrected chi connectivity index (χ3v) is 9.84. The summed E-state index contributed by atoms with van der Waals surface area (Å²) in [6, 6.07) is 7.81. The van der Waals surface area contributed by atoms with Gasteiger partial charge in [-0.05, 0) is 157 Å². The monoisotopic (exact) mass is 639 g/mol. The molecule has 244 valence electrons. The van der Waals surface area contributed by atoms with Crippen molar-refractivity contribution in [1.82, 2.24) is 14.7 Å². The fourth-order valence-corrected chi connectivity index (χ4v) is 7.39. The van der Waals surface area contributed by atoms with Crippen LogP contribution in [0.3, 0.4) is 0 Å². The molecule has 2 aromatic carbocycles. The molecule has 2 aliphatic heterocycles. The van der Waals surface area contributed by atoms with Crippen LogP contribution in [0.15, 0.2) is 30.3 Å². The molecule has 0 amide bonds. The number of piperidine rings is 2. The van der Waals surface area contributed by atoms with E-state index in [4.69, 9.17) is 11.6 Å². The molecule has 1 N–H and O–H groups in total. The van der Waals surface area contributed by atoms with Gasteiger partial charge in [-0.3, -0.25) is 14.6 Å². The minimum absolute atomic E-state index is 0.180. The van der Waals surface area contributed by atoms with Crippen molar-refractivity contribution in [3.8, 4) is 0 Å². The minimum atomic E-state index is -4.28. The van der Waals surface area contributed by atoms with Gasteiger partial charge < -0.3 is 10.0 Å². The number of rotatable bonds is 12. The van der Waals surface area contributed by atoms with E-state index in [0.717, 1.165) is 38.0 Å². The third kappa shape index (κ3) is 9.18. The molecular weight excluding hydrogens is 594 g/mol. The number of halogens is 5. The van der Waals surface area contributed by atoms with E-state index < -0.39 is 30.5 Å². The van der Waals surface area contributed by atoms with E-state index in [-0.39, 0.29) is 24.9 Å². The Hall–Kier alpha value is -2.20. The molecule has 0 radical (unpaired) electrons. The van der Waals surface area contributed by atoms with Gasteiger partial charge in [-0.1, -0.05) is 30.2 Å². The summed E-state index contributed by atoms with van der Waals surface area (Å²) in [7, 11) is 1.79. The fourth-order valence-electron chi connectivity index (χ4n) is 7.21. The Labute approximate surface area is 264 Å². The Kier molecular flexibility index (Phi) is 12.1. The van der Waals surface area contributed by atoms with Crippen LogP contribution in [0.4, 0.5) is 17.6 Å². The number of carboxylic acid groups (broad SMARTS) is 1. The Morgan fingerprint density at radius 1 is 1.00 bits per heavy atom. The number of nitrogens with zero attached hydrogens (tertiary/aromatic N) is 3. The van der Waals surface area contributed by atoms with E-state index in [1.807, 2.05) is 23.1 Å². The molecule has 2 aromatic rings. The lowest BCUT2D eigenvalue weighted by Crippen LogP contribution is -2.40. The Balaban J connectivity index is 1.54. The van der Waals surface area contributed by atoms with Crippen LogP contribution in [0.5, 0.6) is 0 Å². The predicted octanol–water partition coefficient (Wildman–Crippen LogP) is 7.95. The Morgan fingerprint density at radius 3 is 2.32 bits per heavy atom. The number of aryl methyl sites for hydroxylation is 1. The number of carboxylic acids is 1. The normalized spacial score (nSPS) is 18.9. The highest BCUT2D eigenvalue weighted by Crippen LogP contribution is 2.39. The summed E-state index contributed by atoms with van der Waals surface area (Å²) in [6.07, 6.45) is 1.90. The standard InChI is InChI=1S/C34H46ClF4N3O2/c1-23-7-8-27(35)21-29(23)25(12-18-41-15-5-4-6-16-41)11-17-40(3)32(33(43)44)28-9-10-30(36)24(2)31(28)26-13-19-42(20-14-26)22-34(37,38)39/h7-10,21,25-26,32H,4-6,11-20,22H2,1-3H3,(H,43,44)/t25-,32?/m1/s1. The summed E-state index contributed by atoms with van der Waals surface area (Å²) in [5.74, 6) is -1.49. The largest absolute Gasteiger partial charge is 0.480 e. The van der Waals surface area contributed by atoms with Gasteiger partial charge >= 0.3 is 12.1 Å². The lowest BCUT2D eigenvalue weighted by atomic mass is 9.81.